The van der Waals surface area contributed by atoms with E-state index >= 15 is 0 Å². The largest absolute Gasteiger partial charge is 0.398 e. The van der Waals surface area contributed by atoms with Crippen LogP contribution in [-0.4, -0.2) is 4.98 Å². The van der Waals surface area contributed by atoms with Gasteiger partial charge < -0.3 is 5.73 Å². The molecule has 0 saturated carbocycles. The van der Waals surface area contributed by atoms with Gasteiger partial charge in [-0.1, -0.05) is 18.2 Å². The molecule has 0 fully saturated rings. The summed E-state index contributed by atoms with van der Waals surface area (Å²) in [7, 11) is 0. The number of nitrogens with two attached hydrogens (primary N) is 1. The molecule has 0 spiro atoms. The first-order chi connectivity index (χ1) is 8.25. The van der Waals surface area contributed by atoms with E-state index in [1.165, 1.54) is 22.4 Å². The predicted octanol–water partition coefficient (Wildman–Crippen LogP) is 3.05. The van der Waals surface area contributed by atoms with Crippen LogP contribution in [0, 0.1) is 6.92 Å². The number of nitrogens with zero attached hydrogens (tertiary/aromatic N) is 1. The maximum absolute atomic E-state index is 6.13. The average molecular weight is 224 g/mol. The summed E-state index contributed by atoms with van der Waals surface area (Å²) in [6.07, 6.45) is 4.11. The summed E-state index contributed by atoms with van der Waals surface area (Å²) >= 11 is 0. The fourth-order valence-electron chi connectivity index (χ4n) is 2.73. The van der Waals surface area contributed by atoms with E-state index in [0.717, 1.165) is 18.5 Å². The lowest BCUT2D eigenvalue weighted by atomic mass is 9.94. The molecule has 1 aliphatic carbocycles. The zero-order chi connectivity index (χ0) is 11.8. The minimum atomic E-state index is 0.381. The van der Waals surface area contributed by atoms with Crippen molar-refractivity contribution in [3.63, 3.8) is 0 Å². The van der Waals surface area contributed by atoms with Crippen LogP contribution in [0.3, 0.4) is 0 Å². The van der Waals surface area contributed by atoms with E-state index in [0.29, 0.717) is 5.92 Å². The maximum atomic E-state index is 6.13. The Morgan fingerprint density at radius 3 is 3.00 bits per heavy atom. The molecule has 0 bridgehead atoms. The van der Waals surface area contributed by atoms with E-state index in [1.54, 1.807) is 0 Å². The van der Waals surface area contributed by atoms with Crippen LogP contribution in [0.5, 0.6) is 0 Å². The summed E-state index contributed by atoms with van der Waals surface area (Å²) in [5, 5.41) is 0. The minimum Gasteiger partial charge on any atom is -0.398 e. The van der Waals surface area contributed by atoms with Crippen LogP contribution >= 0.6 is 0 Å². The van der Waals surface area contributed by atoms with Gasteiger partial charge in [-0.2, -0.15) is 0 Å². The fourth-order valence-corrected chi connectivity index (χ4v) is 2.73. The molecule has 1 atom stereocenters. The first-order valence-corrected chi connectivity index (χ1v) is 6.05. The van der Waals surface area contributed by atoms with Gasteiger partial charge in [-0.15, -0.1) is 0 Å². The molecule has 2 nitrogen and oxygen atoms in total. The number of hydrogen-bond acceptors (Lipinski definition) is 2. The number of benzene rings is 1. The van der Waals surface area contributed by atoms with Gasteiger partial charge in [0.2, 0.25) is 0 Å². The summed E-state index contributed by atoms with van der Waals surface area (Å²) in [6.45, 7) is 2.07. The van der Waals surface area contributed by atoms with Crippen LogP contribution in [0.2, 0.25) is 0 Å². The Bertz CT molecular complexity index is 561. The first kappa shape index (κ1) is 10.3. The van der Waals surface area contributed by atoms with Gasteiger partial charge in [-0.3, -0.25) is 4.98 Å². The van der Waals surface area contributed by atoms with Crippen LogP contribution in [0.25, 0.3) is 0 Å². The number of fused-ring (bicyclic) bond motifs is 1. The standard InChI is InChI=1S/C15H16N2/c1-10-4-6-12(14(16)9-10)13-7-5-11-3-2-8-17-15(11)13/h2-4,6,8-9,13H,5,7,16H2,1H3. The van der Waals surface area contributed by atoms with Gasteiger partial charge in [0.1, 0.15) is 0 Å². The van der Waals surface area contributed by atoms with Crippen molar-refractivity contribution in [2.24, 2.45) is 0 Å². The molecule has 1 heterocycles. The molecule has 1 aromatic heterocycles. The Balaban J connectivity index is 2.07. The van der Waals surface area contributed by atoms with E-state index < -0.39 is 0 Å². The lowest BCUT2D eigenvalue weighted by Gasteiger charge is -2.14. The van der Waals surface area contributed by atoms with E-state index in [2.05, 4.69) is 36.2 Å². The summed E-state index contributed by atoms with van der Waals surface area (Å²) < 4.78 is 0. The molecule has 1 aliphatic rings. The van der Waals surface area contributed by atoms with Crippen LogP contribution in [-0.2, 0) is 6.42 Å². The van der Waals surface area contributed by atoms with Crippen molar-refractivity contribution in [3.05, 3.63) is 58.9 Å². The summed E-state index contributed by atoms with van der Waals surface area (Å²) in [4.78, 5) is 4.53. The first-order valence-electron chi connectivity index (χ1n) is 6.05. The Kier molecular flexibility index (Phi) is 2.36. The number of anilines is 1. The van der Waals surface area contributed by atoms with Gasteiger partial charge >= 0.3 is 0 Å². The second kappa shape index (κ2) is 3.88. The Labute approximate surface area is 102 Å². The van der Waals surface area contributed by atoms with Crippen molar-refractivity contribution >= 4 is 5.69 Å². The molecule has 2 aromatic rings. The highest BCUT2D eigenvalue weighted by Gasteiger charge is 2.26. The zero-order valence-corrected chi connectivity index (χ0v) is 9.98. The molecule has 0 radical (unpaired) electrons. The van der Waals surface area contributed by atoms with Gasteiger partial charge in [0.05, 0.1) is 5.69 Å². The molecule has 3 rings (SSSR count). The third-order valence-corrected chi connectivity index (χ3v) is 3.58. The van der Waals surface area contributed by atoms with E-state index in [4.69, 9.17) is 5.73 Å². The van der Waals surface area contributed by atoms with Crippen molar-refractivity contribution in [1.82, 2.24) is 4.98 Å². The van der Waals surface area contributed by atoms with Crippen LogP contribution in [0.1, 0.15) is 34.7 Å². The van der Waals surface area contributed by atoms with Crippen molar-refractivity contribution < 1.29 is 0 Å². The third-order valence-electron chi connectivity index (χ3n) is 3.58. The summed E-state index contributed by atoms with van der Waals surface area (Å²) in [5.74, 6) is 0.381. The fraction of sp³-hybridized carbons (Fsp3) is 0.267. The smallest absolute Gasteiger partial charge is 0.0511 e. The van der Waals surface area contributed by atoms with Crippen molar-refractivity contribution in [2.45, 2.75) is 25.7 Å². The third kappa shape index (κ3) is 1.70. The lowest BCUT2D eigenvalue weighted by molar-refractivity contribution is 0.774. The van der Waals surface area contributed by atoms with E-state index in [-0.39, 0.29) is 0 Å². The van der Waals surface area contributed by atoms with Crippen LogP contribution < -0.4 is 5.73 Å². The number of nitrogen functional groups attached to an aromatic ring is 1. The monoisotopic (exact) mass is 224 g/mol. The molecule has 86 valence electrons. The minimum absolute atomic E-state index is 0.381. The van der Waals surface area contributed by atoms with Crippen molar-refractivity contribution in [1.29, 1.82) is 0 Å². The van der Waals surface area contributed by atoms with Crippen molar-refractivity contribution in [3.8, 4) is 0 Å². The van der Waals surface area contributed by atoms with Gasteiger partial charge in [-0.05, 0) is 48.6 Å². The van der Waals surface area contributed by atoms with Gasteiger partial charge in [-0.25, -0.2) is 0 Å². The highest BCUT2D eigenvalue weighted by molar-refractivity contribution is 5.54. The zero-order valence-electron chi connectivity index (χ0n) is 9.98. The predicted molar refractivity (Wildman–Crippen MR) is 70.0 cm³/mol. The van der Waals surface area contributed by atoms with Crippen LogP contribution in [0.4, 0.5) is 5.69 Å². The Morgan fingerprint density at radius 1 is 1.29 bits per heavy atom. The Hall–Kier alpha value is -1.83. The molecule has 2 N–H and O–H groups in total. The van der Waals surface area contributed by atoms with E-state index in [1.807, 2.05) is 12.3 Å². The highest BCUT2D eigenvalue weighted by Crippen LogP contribution is 2.38. The molecule has 1 aromatic carbocycles. The molecule has 0 aliphatic heterocycles. The molecule has 17 heavy (non-hydrogen) atoms. The van der Waals surface area contributed by atoms with Gasteiger partial charge in [0.25, 0.3) is 0 Å². The van der Waals surface area contributed by atoms with Crippen LogP contribution in [0.15, 0.2) is 36.5 Å². The maximum Gasteiger partial charge on any atom is 0.0511 e. The van der Waals surface area contributed by atoms with Gasteiger partial charge in [0, 0.05) is 17.8 Å². The summed E-state index contributed by atoms with van der Waals surface area (Å²) in [5.41, 5.74) is 12.1. The molecular formula is C15H16N2. The number of pyridine rings is 1. The molecule has 0 amide bonds. The topological polar surface area (TPSA) is 38.9 Å². The average Bonchev–Trinajstić information content (AvgIpc) is 2.73. The summed E-state index contributed by atoms with van der Waals surface area (Å²) in [6, 6.07) is 10.5. The highest BCUT2D eigenvalue weighted by atomic mass is 14.7. The second-order valence-corrected chi connectivity index (χ2v) is 4.77. The molecule has 2 heteroatoms. The Morgan fingerprint density at radius 2 is 2.18 bits per heavy atom. The lowest BCUT2D eigenvalue weighted by Crippen LogP contribution is -2.03. The SMILES string of the molecule is Cc1ccc(C2CCc3cccnc32)c(N)c1. The molecular weight excluding hydrogens is 208 g/mol. The number of aryl methyl sites for hydroxylation is 2. The number of hydrogen-bond donors (Lipinski definition) is 1. The molecule has 1 unspecified atom stereocenters. The number of aromatic nitrogens is 1. The quantitative estimate of drug-likeness (QED) is 0.756. The van der Waals surface area contributed by atoms with E-state index in [9.17, 15) is 0 Å². The second-order valence-electron chi connectivity index (χ2n) is 4.77. The normalized spacial score (nSPS) is 18.1. The van der Waals surface area contributed by atoms with Gasteiger partial charge in [0.15, 0.2) is 0 Å². The number of rotatable bonds is 1. The molecule has 0 saturated heterocycles. The van der Waals surface area contributed by atoms with Crippen molar-refractivity contribution in [2.75, 3.05) is 5.73 Å².